The zero-order valence-electron chi connectivity index (χ0n) is 9.61. The lowest BCUT2D eigenvalue weighted by atomic mass is 10.0. The van der Waals surface area contributed by atoms with Crippen molar-refractivity contribution in [3.8, 4) is 0 Å². The second kappa shape index (κ2) is 6.01. The van der Waals surface area contributed by atoms with Gasteiger partial charge in [0.2, 0.25) is 0 Å². The third-order valence-electron chi connectivity index (χ3n) is 2.71. The van der Waals surface area contributed by atoms with Crippen molar-refractivity contribution in [1.29, 1.82) is 0 Å². The van der Waals surface area contributed by atoms with Gasteiger partial charge in [0.1, 0.15) is 6.04 Å². The first kappa shape index (κ1) is 13.2. The van der Waals surface area contributed by atoms with E-state index >= 15 is 0 Å². The molecule has 0 aliphatic heterocycles. The minimum absolute atomic E-state index is 0.186. The van der Waals surface area contributed by atoms with Gasteiger partial charge in [-0.2, -0.15) is 0 Å². The van der Waals surface area contributed by atoms with Crippen LogP contribution in [0.4, 0.5) is 0 Å². The van der Waals surface area contributed by atoms with Crippen LogP contribution in [0.25, 0.3) is 0 Å². The predicted molar refractivity (Wildman–Crippen MR) is 67.8 cm³/mol. The Labute approximate surface area is 105 Å². The van der Waals surface area contributed by atoms with Crippen molar-refractivity contribution in [3.63, 3.8) is 0 Å². The lowest BCUT2D eigenvalue weighted by Crippen LogP contribution is -2.92. The highest BCUT2D eigenvalue weighted by atomic mass is 79.9. The molecule has 0 saturated carbocycles. The summed E-state index contributed by atoms with van der Waals surface area (Å²) in [7, 11) is 0. The quantitative estimate of drug-likeness (QED) is 0.843. The Morgan fingerprint density at radius 3 is 2.44 bits per heavy atom. The normalized spacial score (nSPS) is 14.4. The van der Waals surface area contributed by atoms with Gasteiger partial charge in [-0.05, 0) is 19.1 Å². The van der Waals surface area contributed by atoms with Crippen LogP contribution in [0, 0.1) is 0 Å². The second-order valence-corrected chi connectivity index (χ2v) is 4.87. The van der Waals surface area contributed by atoms with E-state index in [0.29, 0.717) is 0 Å². The van der Waals surface area contributed by atoms with E-state index in [1.165, 1.54) is 5.56 Å². The molecule has 1 aromatic carbocycles. The van der Waals surface area contributed by atoms with Crippen LogP contribution >= 0.6 is 15.9 Å². The van der Waals surface area contributed by atoms with Crippen molar-refractivity contribution in [2.45, 2.75) is 32.4 Å². The van der Waals surface area contributed by atoms with Gasteiger partial charge >= 0.3 is 0 Å². The van der Waals surface area contributed by atoms with Crippen LogP contribution in [0.3, 0.4) is 0 Å². The van der Waals surface area contributed by atoms with Crippen molar-refractivity contribution in [2.75, 3.05) is 0 Å². The van der Waals surface area contributed by atoms with Gasteiger partial charge < -0.3 is 11.1 Å². The van der Waals surface area contributed by atoms with Crippen LogP contribution in [-0.2, 0) is 4.79 Å². The average Bonchev–Trinajstić information content (AvgIpc) is 2.26. The average molecular weight is 286 g/mol. The summed E-state index contributed by atoms with van der Waals surface area (Å²) in [4.78, 5) is 11.0. The fourth-order valence-electron chi connectivity index (χ4n) is 1.64. The number of rotatable bonds is 5. The molecular formula is C12H18BrN2O+. The minimum atomic E-state index is -0.268. The summed E-state index contributed by atoms with van der Waals surface area (Å²) in [5, 5.41) is 2.02. The van der Waals surface area contributed by atoms with Crippen LogP contribution in [0.2, 0.25) is 0 Å². The summed E-state index contributed by atoms with van der Waals surface area (Å²) in [6.45, 7) is 3.95. The molecule has 1 amide bonds. The summed E-state index contributed by atoms with van der Waals surface area (Å²) < 4.78 is 1.06. The molecule has 0 aliphatic carbocycles. The monoisotopic (exact) mass is 285 g/mol. The van der Waals surface area contributed by atoms with E-state index < -0.39 is 0 Å². The first-order valence-corrected chi connectivity index (χ1v) is 6.23. The lowest BCUT2D eigenvalue weighted by Gasteiger charge is -2.17. The number of primary amides is 1. The van der Waals surface area contributed by atoms with Crippen molar-refractivity contribution < 1.29 is 10.1 Å². The molecule has 0 aliphatic rings. The molecule has 4 heteroatoms. The predicted octanol–water partition coefficient (Wildman–Crippen LogP) is 1.34. The summed E-state index contributed by atoms with van der Waals surface area (Å²) in [6.07, 6.45) is 0.971. The van der Waals surface area contributed by atoms with Crippen molar-refractivity contribution in [1.82, 2.24) is 0 Å². The molecule has 0 bridgehead atoms. The third kappa shape index (κ3) is 3.61. The van der Waals surface area contributed by atoms with Gasteiger partial charge in [-0.25, -0.2) is 0 Å². The largest absolute Gasteiger partial charge is 0.365 e. The topological polar surface area (TPSA) is 59.7 Å². The number of amides is 1. The summed E-state index contributed by atoms with van der Waals surface area (Å²) in [5.74, 6) is -0.268. The highest BCUT2D eigenvalue weighted by molar-refractivity contribution is 9.10. The Hall–Kier alpha value is -0.870. The molecule has 0 saturated heterocycles. The van der Waals surface area contributed by atoms with Gasteiger partial charge in [-0.15, -0.1) is 0 Å². The van der Waals surface area contributed by atoms with E-state index in [4.69, 9.17) is 5.73 Å². The van der Waals surface area contributed by atoms with E-state index in [0.717, 1.165) is 10.9 Å². The Kier molecular flexibility index (Phi) is 4.96. The van der Waals surface area contributed by atoms with E-state index in [9.17, 15) is 4.79 Å². The maximum Gasteiger partial charge on any atom is 0.275 e. The van der Waals surface area contributed by atoms with E-state index in [-0.39, 0.29) is 18.0 Å². The van der Waals surface area contributed by atoms with Crippen LogP contribution in [-0.4, -0.2) is 11.9 Å². The fourth-order valence-corrected chi connectivity index (χ4v) is 1.90. The molecule has 16 heavy (non-hydrogen) atoms. The molecule has 1 aromatic rings. The van der Waals surface area contributed by atoms with Gasteiger partial charge in [0.25, 0.3) is 5.91 Å². The van der Waals surface area contributed by atoms with Crippen LogP contribution < -0.4 is 11.1 Å². The molecule has 0 spiro atoms. The Morgan fingerprint density at radius 1 is 1.44 bits per heavy atom. The maximum absolute atomic E-state index is 11.0. The third-order valence-corrected chi connectivity index (χ3v) is 3.24. The first-order valence-electron chi connectivity index (χ1n) is 5.44. The second-order valence-electron chi connectivity index (χ2n) is 3.95. The number of nitrogens with two attached hydrogens (primary N) is 2. The van der Waals surface area contributed by atoms with Gasteiger partial charge in [0, 0.05) is 16.5 Å². The van der Waals surface area contributed by atoms with Crippen molar-refractivity contribution >= 4 is 21.8 Å². The highest BCUT2D eigenvalue weighted by Gasteiger charge is 2.19. The zero-order valence-corrected chi connectivity index (χ0v) is 11.2. The number of carbonyl (C=O) groups is 1. The SMILES string of the molecule is CC[C@H]([NH2+][C@H](C)C(N)=O)c1ccc(Br)cc1. The van der Waals surface area contributed by atoms with Crippen molar-refractivity contribution in [3.05, 3.63) is 34.3 Å². The summed E-state index contributed by atoms with van der Waals surface area (Å²) >= 11 is 3.41. The van der Waals surface area contributed by atoms with Crippen LogP contribution in [0.1, 0.15) is 31.9 Å². The molecule has 4 N–H and O–H groups in total. The van der Waals surface area contributed by atoms with Gasteiger partial charge in [-0.3, -0.25) is 4.79 Å². The lowest BCUT2D eigenvalue weighted by molar-refractivity contribution is -0.713. The zero-order chi connectivity index (χ0) is 12.1. The molecule has 0 unspecified atom stereocenters. The Morgan fingerprint density at radius 2 is 2.00 bits per heavy atom. The number of quaternary nitrogens is 1. The highest BCUT2D eigenvalue weighted by Crippen LogP contribution is 2.16. The first-order chi connectivity index (χ1) is 7.54. The number of benzene rings is 1. The molecule has 2 atom stereocenters. The van der Waals surface area contributed by atoms with E-state index in [1.807, 2.05) is 24.4 Å². The molecule has 0 aromatic heterocycles. The van der Waals surface area contributed by atoms with Gasteiger partial charge in [-0.1, -0.05) is 35.0 Å². The molecule has 88 valence electrons. The van der Waals surface area contributed by atoms with Gasteiger partial charge in [0.05, 0.1) is 0 Å². The molecule has 0 fully saturated rings. The number of hydrogen-bond donors (Lipinski definition) is 2. The van der Waals surface area contributed by atoms with Crippen LogP contribution in [0.5, 0.6) is 0 Å². The van der Waals surface area contributed by atoms with E-state index in [2.05, 4.69) is 35.0 Å². The van der Waals surface area contributed by atoms with Gasteiger partial charge in [0.15, 0.2) is 6.04 Å². The number of halogens is 1. The number of carbonyl (C=O) groups excluding carboxylic acids is 1. The molecular weight excluding hydrogens is 268 g/mol. The maximum atomic E-state index is 11.0. The minimum Gasteiger partial charge on any atom is -0.365 e. The molecule has 0 heterocycles. The summed E-state index contributed by atoms with van der Waals surface area (Å²) in [6, 6.07) is 8.27. The van der Waals surface area contributed by atoms with Crippen molar-refractivity contribution in [2.24, 2.45) is 5.73 Å². The van der Waals surface area contributed by atoms with E-state index in [1.54, 1.807) is 0 Å². The molecule has 1 rings (SSSR count). The molecule has 0 radical (unpaired) electrons. The molecule has 3 nitrogen and oxygen atoms in total. The summed E-state index contributed by atoms with van der Waals surface area (Å²) in [5.41, 5.74) is 6.48. The Bertz CT molecular complexity index is 351. The standard InChI is InChI=1S/C12H17BrN2O/c1-3-11(15-8(2)12(14)16)9-4-6-10(13)7-5-9/h4-8,11,15H,3H2,1-2H3,(H2,14,16)/p+1/t8-,11+/m1/s1. The van der Waals surface area contributed by atoms with Crippen LogP contribution in [0.15, 0.2) is 28.7 Å². The number of hydrogen-bond acceptors (Lipinski definition) is 1. The fraction of sp³-hybridized carbons (Fsp3) is 0.417. The Balaban J connectivity index is 2.74. The smallest absolute Gasteiger partial charge is 0.275 e.